The molecule has 16 rings (SSSR count). The number of aryl methyl sites for hydroxylation is 2. The topological polar surface area (TPSA) is 415 Å². The molecule has 124 heavy (non-hydrogen) atoms. The fourth-order valence-corrected chi connectivity index (χ4v) is 17.3. The summed E-state index contributed by atoms with van der Waals surface area (Å²) in [6, 6.07) is 69.5. The lowest BCUT2D eigenvalue weighted by Gasteiger charge is -2.10. The number of aromatic amines is 2. The Morgan fingerprint density at radius 1 is 0.371 bits per heavy atom. The summed E-state index contributed by atoms with van der Waals surface area (Å²) in [6.45, 7) is 0. The summed E-state index contributed by atoms with van der Waals surface area (Å²) < 4.78 is 77.1. The van der Waals surface area contributed by atoms with Crippen LogP contribution in [0.15, 0.2) is 313 Å². The molecule has 8 aromatic heterocycles. The minimum absolute atomic E-state index is 0.106. The second kappa shape index (κ2) is 41.2. The number of benzene rings is 8. The Bertz CT molecular complexity index is 6730. The van der Waals surface area contributed by atoms with Gasteiger partial charge in [0, 0.05) is 106 Å². The largest absolute Gasteiger partial charge is 0.322 e. The van der Waals surface area contributed by atoms with Gasteiger partial charge in [0.15, 0.2) is 0 Å². The maximum absolute atomic E-state index is 12.7. The molecule has 0 aliphatic carbocycles. The molecular weight excluding hydrogens is 1740 g/mol. The molecule has 0 fully saturated rings. The molecule has 6 N–H and O–H groups in total. The maximum Gasteiger partial charge on any atom is 0.255 e. The Hall–Kier alpha value is -13.8. The highest BCUT2D eigenvalue weighted by Crippen LogP contribution is 2.34. The predicted octanol–water partition coefficient (Wildman–Crippen LogP) is 15.7. The summed E-state index contributed by atoms with van der Waals surface area (Å²) in [4.78, 5) is 75.4. The van der Waals surface area contributed by atoms with Crippen LogP contribution in [0.25, 0.3) is 45.0 Å². The van der Waals surface area contributed by atoms with E-state index in [1.807, 2.05) is 72.8 Å². The molecule has 38 heteroatoms. The lowest BCUT2D eigenvalue weighted by atomic mass is 10.1. The van der Waals surface area contributed by atoms with Crippen LogP contribution >= 0.6 is 46.4 Å². The second-order valence-electron chi connectivity index (χ2n) is 26.8. The van der Waals surface area contributed by atoms with Gasteiger partial charge in [-0.05, 0) is 192 Å². The zero-order valence-electron chi connectivity index (χ0n) is 65.0. The van der Waals surface area contributed by atoms with E-state index in [0.717, 1.165) is 40.0 Å². The summed E-state index contributed by atoms with van der Waals surface area (Å²) >= 11 is 25.2. The maximum atomic E-state index is 12.7. The lowest BCUT2D eigenvalue weighted by molar-refractivity contribution is 0.101. The van der Waals surface area contributed by atoms with Gasteiger partial charge >= 0.3 is 0 Å². The number of hydrogen-bond acceptors (Lipinski definition) is 22. The average Bonchev–Trinajstić information content (AvgIpc) is 1.19. The van der Waals surface area contributed by atoms with Crippen molar-refractivity contribution in [3.05, 3.63) is 357 Å². The monoisotopic (exact) mass is 1810 g/mol. The van der Waals surface area contributed by atoms with Crippen LogP contribution in [0.5, 0.6) is 0 Å². The summed E-state index contributed by atoms with van der Waals surface area (Å²) in [5.41, 5.74) is 12.5. The van der Waals surface area contributed by atoms with Gasteiger partial charge in [0.05, 0.1) is 87.5 Å². The first-order valence-corrected chi connectivity index (χ1v) is 44.4. The number of carbonyl (C=O) groups is 4. The number of H-pyrrole nitrogens is 2. The van der Waals surface area contributed by atoms with Crippen molar-refractivity contribution >= 4 is 134 Å². The number of anilines is 4. The number of sulfone groups is 2. The highest BCUT2D eigenvalue weighted by molar-refractivity contribution is 7.90. The van der Waals surface area contributed by atoms with Crippen molar-refractivity contribution in [1.29, 1.82) is 0 Å². The van der Waals surface area contributed by atoms with E-state index in [9.17, 15) is 44.4 Å². The summed E-state index contributed by atoms with van der Waals surface area (Å²) in [5.74, 6) is -1.11. The lowest BCUT2D eigenvalue weighted by Crippen LogP contribution is -2.13. The molecule has 0 aliphatic heterocycles. The standard InChI is InChI=1S/C22H18ClN5O3S.C22H18ClN5O2S.C21H16ClN5O3S.C21H16ClN5O2S/c1-28-14-25-27-22(28)32(30,31)13-15-5-7-16(8-6-15)21(29)26-17-9-10-19(23)18(12-17)20-4-2-3-11-24-20;1-28-14-25-27-22(28)31(30)13-15-5-7-16(8-6-15)21(29)26-17-9-10-19(23)18(12-17)20-4-2-3-11-24-20;22-18-9-8-16(11-17(18)19-3-1-2-10-23-19)26-20(28)15-6-4-14(5-7-15)12-31(29,30)21-24-13-25-27-21;22-18-9-8-16(11-17(18)19-3-1-2-10-23-19)26-20(28)15-6-4-14(5-7-15)12-30(29)21-24-13-25-27-21/h2-12,14H,13H2,1H3,(H,26,29);2-12,14H,13H2,1H3,(H,26,29);1-11,13H,12H2,(H,26,28)(H,24,25,27);1-11,13H,12H2,(H,26,28)(H,24,25,27). The molecule has 0 radical (unpaired) electrons. The SMILES string of the molecule is Cn1cnnc1S(=O)(=O)Cc1ccc(C(=O)Nc2ccc(Cl)c(-c3ccccn3)c2)cc1.Cn1cnnc1S(=O)Cc1ccc(C(=O)Nc2ccc(Cl)c(-c3ccccn3)c2)cc1.O=C(Nc1ccc(Cl)c(-c2ccccn2)c1)c1ccc(CS(=O)(=O)c2ncn[nH]2)cc1.O=C(Nc1ccc(Cl)c(-c2ccccn2)c1)c1ccc(CS(=O)c2ncn[nH]2)cc1. The number of nitrogens with one attached hydrogen (secondary N) is 6. The van der Waals surface area contributed by atoms with E-state index in [1.54, 1.807) is 213 Å². The number of rotatable bonds is 24. The van der Waals surface area contributed by atoms with Crippen molar-refractivity contribution in [3.8, 4) is 45.0 Å². The van der Waals surface area contributed by atoms with Crippen molar-refractivity contribution in [2.45, 2.75) is 43.6 Å². The summed E-state index contributed by atoms with van der Waals surface area (Å²) in [7, 11) is -6.61. The first kappa shape index (κ1) is 88.0. The highest BCUT2D eigenvalue weighted by Gasteiger charge is 2.24. The van der Waals surface area contributed by atoms with Crippen molar-refractivity contribution in [1.82, 2.24) is 79.8 Å². The smallest absolute Gasteiger partial charge is 0.255 e. The van der Waals surface area contributed by atoms with E-state index in [4.69, 9.17) is 46.4 Å². The third-order valence-corrected chi connectivity index (χ3v) is 25.0. The average molecular weight is 1810 g/mol. The molecule has 0 bridgehead atoms. The van der Waals surface area contributed by atoms with Crippen LogP contribution in [0, 0.1) is 0 Å². The Morgan fingerprint density at radius 2 is 0.702 bits per heavy atom. The zero-order valence-corrected chi connectivity index (χ0v) is 71.3. The summed E-state index contributed by atoms with van der Waals surface area (Å²) in [6.07, 6.45) is 12.0. The fraction of sp³-hybridized carbons (Fsp3) is 0.0698. The van der Waals surface area contributed by atoms with E-state index in [0.29, 0.717) is 115 Å². The molecule has 0 saturated heterocycles. The number of nitrogens with zero attached hydrogens (tertiary/aromatic N) is 14. The second-order valence-corrected chi connectivity index (χ2v) is 34.9. The number of halogens is 4. The van der Waals surface area contributed by atoms with Gasteiger partial charge in [-0.2, -0.15) is 10.2 Å². The van der Waals surface area contributed by atoms with Gasteiger partial charge in [-0.25, -0.2) is 26.8 Å². The predicted molar refractivity (Wildman–Crippen MR) is 473 cm³/mol. The minimum Gasteiger partial charge on any atom is -0.322 e. The van der Waals surface area contributed by atoms with Crippen molar-refractivity contribution < 1.29 is 44.4 Å². The number of carbonyl (C=O) groups excluding carboxylic acids is 4. The molecule has 2 unspecified atom stereocenters. The number of hydrogen-bond donors (Lipinski definition) is 6. The molecule has 0 aliphatic rings. The fourth-order valence-electron chi connectivity index (χ4n) is 11.8. The molecule has 16 aromatic rings. The third kappa shape index (κ3) is 23.4. The molecule has 30 nitrogen and oxygen atoms in total. The first-order chi connectivity index (χ1) is 59.9. The Morgan fingerprint density at radius 3 is 1.01 bits per heavy atom. The number of aromatic nitrogens is 16. The van der Waals surface area contributed by atoms with Gasteiger partial charge < -0.3 is 30.4 Å². The summed E-state index contributed by atoms with van der Waals surface area (Å²) in [5, 5.41) is 41.1. The Balaban J connectivity index is 0.000000142. The van der Waals surface area contributed by atoms with Crippen molar-refractivity contribution in [3.63, 3.8) is 0 Å². The van der Waals surface area contributed by atoms with Gasteiger partial charge in [-0.15, -0.1) is 20.4 Å². The highest BCUT2D eigenvalue weighted by atomic mass is 35.5. The van der Waals surface area contributed by atoms with Crippen LogP contribution in [-0.2, 0) is 78.4 Å². The number of amides is 4. The normalized spacial score (nSPS) is 11.5. The first-order valence-electron chi connectivity index (χ1n) is 36.9. The van der Waals surface area contributed by atoms with Crippen LogP contribution in [0.1, 0.15) is 63.7 Å². The van der Waals surface area contributed by atoms with Crippen molar-refractivity contribution in [2.24, 2.45) is 14.1 Å². The molecule has 8 heterocycles. The van der Waals surface area contributed by atoms with Crippen molar-refractivity contribution in [2.75, 3.05) is 21.3 Å². The molecular formula is C86H68Cl4N20O10S4. The van der Waals surface area contributed by atoms with Crippen LogP contribution in [0.3, 0.4) is 0 Å². The van der Waals surface area contributed by atoms with Gasteiger partial charge in [0.25, 0.3) is 23.6 Å². The molecule has 624 valence electrons. The van der Waals surface area contributed by atoms with Crippen LogP contribution in [0.4, 0.5) is 22.7 Å². The van der Waals surface area contributed by atoms with Gasteiger partial charge in [0.2, 0.25) is 40.3 Å². The van der Waals surface area contributed by atoms with Crippen LogP contribution in [-0.4, -0.2) is 129 Å². The van der Waals surface area contributed by atoms with E-state index in [1.165, 1.54) is 23.5 Å². The van der Waals surface area contributed by atoms with Gasteiger partial charge in [0.1, 0.15) is 25.3 Å². The van der Waals surface area contributed by atoms with Gasteiger partial charge in [-0.3, -0.25) is 57.7 Å². The Kier molecular flexibility index (Phi) is 29.2. The molecule has 4 amide bonds. The van der Waals surface area contributed by atoms with E-state index in [-0.39, 0.29) is 51.2 Å². The minimum atomic E-state index is -3.65. The molecule has 2 atom stereocenters. The van der Waals surface area contributed by atoms with E-state index < -0.39 is 41.3 Å². The Labute approximate surface area is 734 Å². The van der Waals surface area contributed by atoms with Crippen LogP contribution in [0.2, 0.25) is 20.1 Å². The molecule has 0 spiro atoms. The third-order valence-electron chi connectivity index (χ3n) is 18.0. The molecule has 0 saturated carbocycles. The number of pyridine rings is 4. The van der Waals surface area contributed by atoms with E-state index >= 15 is 0 Å². The quantitative estimate of drug-likeness (QED) is 0.0327. The zero-order chi connectivity index (χ0) is 87.3. The molecule has 8 aromatic carbocycles. The van der Waals surface area contributed by atoms with Gasteiger partial charge in [-0.1, -0.05) is 119 Å². The van der Waals surface area contributed by atoms with E-state index in [2.05, 4.69) is 92.0 Å². The van der Waals surface area contributed by atoms with Crippen LogP contribution < -0.4 is 21.3 Å².